The number of aryl methyl sites for hydroxylation is 1. The van der Waals surface area contributed by atoms with Crippen LogP contribution in [0.3, 0.4) is 0 Å². The van der Waals surface area contributed by atoms with Gasteiger partial charge >= 0.3 is 0 Å². The number of hydrogen-bond donors (Lipinski definition) is 2. The molecule has 2 N–H and O–H groups in total. The maximum absolute atomic E-state index is 13.2. The predicted octanol–water partition coefficient (Wildman–Crippen LogP) is 3.31. The molecule has 1 amide bonds. The zero-order valence-electron chi connectivity index (χ0n) is 13.9. The van der Waals surface area contributed by atoms with Gasteiger partial charge in [-0.3, -0.25) is 9.52 Å². The van der Waals surface area contributed by atoms with Gasteiger partial charge in [0, 0.05) is 23.4 Å². The Hall–Kier alpha value is -3.27. The zero-order chi connectivity index (χ0) is 19.6. The SMILES string of the molecule is Cc1cc(NS(=O)(=O)c2ccc(C(=O)Nc3ccc(F)c(F)c3)cc2)no1. The summed E-state index contributed by atoms with van der Waals surface area (Å²) in [5, 5.41) is 5.94. The summed E-state index contributed by atoms with van der Waals surface area (Å²) in [4.78, 5) is 12.1. The molecule has 0 aliphatic rings. The van der Waals surface area contributed by atoms with Crippen molar-refractivity contribution in [2.45, 2.75) is 11.8 Å². The van der Waals surface area contributed by atoms with Crippen LogP contribution in [0.25, 0.3) is 0 Å². The standard InChI is InChI=1S/C17H13F2N3O4S/c1-10-8-16(21-26-10)22-27(24,25)13-5-2-11(3-6-13)17(23)20-12-4-7-14(18)15(19)9-12/h2-9H,1H3,(H,20,23)(H,21,22). The molecule has 1 aromatic heterocycles. The molecule has 2 aromatic carbocycles. The molecular formula is C17H13F2N3O4S. The number of carbonyl (C=O) groups is 1. The minimum atomic E-state index is -3.91. The van der Waals surface area contributed by atoms with E-state index in [2.05, 4.69) is 15.2 Å². The lowest BCUT2D eigenvalue weighted by atomic mass is 10.2. The quantitative estimate of drug-likeness (QED) is 0.693. The molecule has 0 radical (unpaired) electrons. The van der Waals surface area contributed by atoms with Crippen molar-refractivity contribution >= 4 is 27.4 Å². The van der Waals surface area contributed by atoms with E-state index in [1.807, 2.05) is 0 Å². The van der Waals surface area contributed by atoms with Crippen LogP contribution in [0, 0.1) is 18.6 Å². The number of sulfonamides is 1. The van der Waals surface area contributed by atoms with Crippen molar-refractivity contribution in [2.75, 3.05) is 10.0 Å². The van der Waals surface area contributed by atoms with Gasteiger partial charge in [0.05, 0.1) is 4.90 Å². The highest BCUT2D eigenvalue weighted by Crippen LogP contribution is 2.18. The molecule has 7 nitrogen and oxygen atoms in total. The molecule has 3 rings (SSSR count). The molecule has 0 spiro atoms. The Balaban J connectivity index is 1.74. The molecule has 0 aliphatic carbocycles. The van der Waals surface area contributed by atoms with Crippen LogP contribution >= 0.6 is 0 Å². The van der Waals surface area contributed by atoms with E-state index in [1.165, 1.54) is 36.4 Å². The van der Waals surface area contributed by atoms with Gasteiger partial charge < -0.3 is 9.84 Å². The molecule has 0 fully saturated rings. The molecule has 140 valence electrons. The van der Waals surface area contributed by atoms with E-state index in [-0.39, 0.29) is 22.0 Å². The number of rotatable bonds is 5. The average molecular weight is 393 g/mol. The number of hydrogen-bond acceptors (Lipinski definition) is 5. The van der Waals surface area contributed by atoms with Gasteiger partial charge in [0.25, 0.3) is 15.9 Å². The molecule has 0 unspecified atom stereocenters. The van der Waals surface area contributed by atoms with Crippen LogP contribution in [0.4, 0.5) is 20.3 Å². The molecule has 10 heteroatoms. The van der Waals surface area contributed by atoms with Crippen LogP contribution in [-0.2, 0) is 10.0 Å². The van der Waals surface area contributed by atoms with Gasteiger partial charge in [-0.25, -0.2) is 17.2 Å². The highest BCUT2D eigenvalue weighted by molar-refractivity contribution is 7.92. The lowest BCUT2D eigenvalue weighted by Crippen LogP contribution is -2.15. The first-order chi connectivity index (χ1) is 12.7. The monoisotopic (exact) mass is 393 g/mol. The first kappa shape index (κ1) is 18.5. The number of benzene rings is 2. The molecule has 0 bridgehead atoms. The predicted molar refractivity (Wildman–Crippen MR) is 92.8 cm³/mol. The van der Waals surface area contributed by atoms with E-state index in [9.17, 15) is 22.0 Å². The third-order valence-corrected chi connectivity index (χ3v) is 4.84. The minimum absolute atomic E-state index is 0.0349. The summed E-state index contributed by atoms with van der Waals surface area (Å²) in [6.07, 6.45) is 0. The second-order valence-corrected chi connectivity index (χ2v) is 7.22. The Bertz CT molecular complexity index is 1100. The lowest BCUT2D eigenvalue weighted by molar-refractivity contribution is 0.102. The maximum Gasteiger partial charge on any atom is 0.263 e. The van der Waals surface area contributed by atoms with E-state index >= 15 is 0 Å². The number of amides is 1. The van der Waals surface area contributed by atoms with Gasteiger partial charge in [-0.15, -0.1) is 0 Å². The summed E-state index contributed by atoms with van der Waals surface area (Å²) in [5.74, 6) is -2.25. The summed E-state index contributed by atoms with van der Waals surface area (Å²) in [7, 11) is -3.91. The van der Waals surface area contributed by atoms with Crippen molar-refractivity contribution in [2.24, 2.45) is 0 Å². The number of aromatic nitrogens is 1. The van der Waals surface area contributed by atoms with Crippen molar-refractivity contribution < 1.29 is 26.5 Å². The smallest absolute Gasteiger partial charge is 0.263 e. The fourth-order valence-electron chi connectivity index (χ4n) is 2.17. The molecule has 3 aromatic rings. The van der Waals surface area contributed by atoms with Crippen molar-refractivity contribution in [3.63, 3.8) is 0 Å². The largest absolute Gasteiger partial charge is 0.360 e. The Labute approximate surface area is 153 Å². The summed E-state index contributed by atoms with van der Waals surface area (Å²) in [6.45, 7) is 1.62. The first-order valence-electron chi connectivity index (χ1n) is 7.57. The van der Waals surface area contributed by atoms with Crippen molar-refractivity contribution in [1.82, 2.24) is 5.16 Å². The Morgan fingerprint density at radius 3 is 2.33 bits per heavy atom. The third kappa shape index (κ3) is 4.29. The number of anilines is 2. The molecule has 0 atom stereocenters. The van der Waals surface area contributed by atoms with Gasteiger partial charge in [0.2, 0.25) is 0 Å². The number of halogens is 2. The number of nitrogens with one attached hydrogen (secondary N) is 2. The Morgan fingerprint density at radius 2 is 1.74 bits per heavy atom. The molecular weight excluding hydrogens is 380 g/mol. The number of nitrogens with zero attached hydrogens (tertiary/aromatic N) is 1. The first-order valence-corrected chi connectivity index (χ1v) is 9.05. The second-order valence-electron chi connectivity index (χ2n) is 5.54. The fraction of sp³-hybridized carbons (Fsp3) is 0.0588. The van der Waals surface area contributed by atoms with Crippen molar-refractivity contribution in [3.8, 4) is 0 Å². The van der Waals surface area contributed by atoms with Gasteiger partial charge in [-0.1, -0.05) is 5.16 Å². The lowest BCUT2D eigenvalue weighted by Gasteiger charge is -2.08. The van der Waals surface area contributed by atoms with Crippen LogP contribution < -0.4 is 10.0 Å². The van der Waals surface area contributed by atoms with Gasteiger partial charge in [-0.05, 0) is 43.3 Å². The molecule has 0 aliphatic heterocycles. The summed E-state index contributed by atoms with van der Waals surface area (Å²) in [6, 6.07) is 9.40. The summed E-state index contributed by atoms with van der Waals surface area (Å²) in [5.41, 5.74) is 0.203. The van der Waals surface area contributed by atoms with E-state index in [0.29, 0.717) is 5.76 Å². The van der Waals surface area contributed by atoms with Crippen LogP contribution in [0.2, 0.25) is 0 Å². The van der Waals surface area contributed by atoms with Gasteiger partial charge in [0.1, 0.15) is 5.76 Å². The van der Waals surface area contributed by atoms with E-state index in [4.69, 9.17) is 4.52 Å². The average Bonchev–Trinajstić information content (AvgIpc) is 3.02. The van der Waals surface area contributed by atoms with E-state index in [1.54, 1.807) is 6.92 Å². The summed E-state index contributed by atoms with van der Waals surface area (Å²) >= 11 is 0. The number of carbonyl (C=O) groups excluding carboxylic acids is 1. The highest BCUT2D eigenvalue weighted by Gasteiger charge is 2.17. The Morgan fingerprint density at radius 1 is 1.04 bits per heavy atom. The minimum Gasteiger partial charge on any atom is -0.360 e. The normalized spacial score (nSPS) is 11.2. The molecule has 1 heterocycles. The molecule has 27 heavy (non-hydrogen) atoms. The second kappa shape index (κ2) is 7.16. The topological polar surface area (TPSA) is 101 Å². The van der Waals surface area contributed by atoms with Crippen molar-refractivity contribution in [3.05, 3.63) is 71.5 Å². The van der Waals surface area contributed by atoms with E-state index in [0.717, 1.165) is 12.1 Å². The summed E-state index contributed by atoms with van der Waals surface area (Å²) < 4.78 is 57.7. The van der Waals surface area contributed by atoms with Crippen LogP contribution in [0.5, 0.6) is 0 Å². The van der Waals surface area contributed by atoms with Crippen LogP contribution in [0.15, 0.2) is 57.9 Å². The van der Waals surface area contributed by atoms with E-state index < -0.39 is 27.6 Å². The molecule has 0 saturated carbocycles. The highest BCUT2D eigenvalue weighted by atomic mass is 32.2. The third-order valence-electron chi connectivity index (χ3n) is 3.47. The maximum atomic E-state index is 13.2. The van der Waals surface area contributed by atoms with Crippen LogP contribution in [0.1, 0.15) is 16.1 Å². The van der Waals surface area contributed by atoms with Crippen LogP contribution in [-0.4, -0.2) is 19.5 Å². The molecule has 0 saturated heterocycles. The van der Waals surface area contributed by atoms with Gasteiger partial charge in [-0.2, -0.15) is 0 Å². The van der Waals surface area contributed by atoms with Gasteiger partial charge in [0.15, 0.2) is 17.5 Å². The fourth-order valence-corrected chi connectivity index (χ4v) is 3.16. The van der Waals surface area contributed by atoms with Crippen molar-refractivity contribution in [1.29, 1.82) is 0 Å². The zero-order valence-corrected chi connectivity index (χ0v) is 14.7. The Kier molecular flexibility index (Phi) is 4.91.